The van der Waals surface area contributed by atoms with Gasteiger partial charge in [0.15, 0.2) is 0 Å². The second-order valence-electron chi connectivity index (χ2n) is 6.23. The molecule has 2 amide bonds. The molecule has 0 radical (unpaired) electrons. The van der Waals surface area contributed by atoms with Gasteiger partial charge in [0, 0.05) is 37.7 Å². The molecule has 1 heterocycles. The molecule has 0 bridgehead atoms. The smallest absolute Gasteiger partial charge is 0.253 e. The Labute approximate surface area is 140 Å². The van der Waals surface area contributed by atoms with Crippen LogP contribution in [0, 0.1) is 11.7 Å². The van der Waals surface area contributed by atoms with E-state index in [0.29, 0.717) is 31.7 Å². The summed E-state index contributed by atoms with van der Waals surface area (Å²) in [7, 11) is 0. The first-order valence-corrected chi connectivity index (χ1v) is 8.47. The van der Waals surface area contributed by atoms with Crippen molar-refractivity contribution in [1.82, 2.24) is 9.80 Å². The molecule has 0 atom stereocenters. The Hall–Kier alpha value is -1.62. The van der Waals surface area contributed by atoms with Crippen LogP contribution < -0.4 is 0 Å². The van der Waals surface area contributed by atoms with Gasteiger partial charge in [-0.3, -0.25) is 9.59 Å². The summed E-state index contributed by atoms with van der Waals surface area (Å²) < 4.78 is 13.2. The number of halogens is 2. The second-order valence-corrected chi connectivity index (χ2v) is 6.63. The Morgan fingerprint density at radius 1 is 1.04 bits per heavy atom. The fourth-order valence-corrected chi connectivity index (χ4v) is 3.25. The topological polar surface area (TPSA) is 40.6 Å². The van der Waals surface area contributed by atoms with Crippen LogP contribution >= 0.6 is 11.6 Å². The lowest BCUT2D eigenvalue weighted by molar-refractivity contribution is -0.138. The third-order valence-electron chi connectivity index (χ3n) is 4.72. The molecule has 1 saturated heterocycles. The Bertz CT molecular complexity index is 619. The highest BCUT2D eigenvalue weighted by Gasteiger charge is 2.31. The number of rotatable bonds is 2. The monoisotopic (exact) mass is 338 g/mol. The molecule has 2 fully saturated rings. The van der Waals surface area contributed by atoms with Gasteiger partial charge in [0.25, 0.3) is 5.91 Å². The van der Waals surface area contributed by atoms with Gasteiger partial charge in [0.2, 0.25) is 5.91 Å². The van der Waals surface area contributed by atoms with Crippen molar-refractivity contribution in [3.8, 4) is 0 Å². The molecular weight excluding hydrogens is 319 g/mol. The van der Waals surface area contributed by atoms with E-state index in [2.05, 4.69) is 0 Å². The Morgan fingerprint density at radius 3 is 2.39 bits per heavy atom. The number of hydrogen-bond acceptors (Lipinski definition) is 2. The predicted molar refractivity (Wildman–Crippen MR) is 85.9 cm³/mol. The number of amides is 2. The first-order chi connectivity index (χ1) is 11.1. The molecule has 124 valence electrons. The summed E-state index contributed by atoms with van der Waals surface area (Å²) in [6.45, 7) is 2.37. The molecule has 6 heteroatoms. The molecule has 1 aromatic carbocycles. The molecule has 2 aliphatic rings. The molecule has 4 nitrogen and oxygen atoms in total. The van der Waals surface area contributed by atoms with Crippen molar-refractivity contribution in [2.24, 2.45) is 5.92 Å². The van der Waals surface area contributed by atoms with E-state index in [-0.39, 0.29) is 22.8 Å². The van der Waals surface area contributed by atoms with Crippen LogP contribution in [0.25, 0.3) is 0 Å². The first kappa shape index (κ1) is 16.2. The zero-order valence-corrected chi connectivity index (χ0v) is 13.7. The van der Waals surface area contributed by atoms with Crippen LogP contribution in [0.4, 0.5) is 4.39 Å². The van der Waals surface area contributed by atoms with Crippen molar-refractivity contribution >= 4 is 23.4 Å². The fraction of sp³-hybridized carbons (Fsp3) is 0.529. The molecular formula is C17H20ClFN2O2. The van der Waals surface area contributed by atoms with E-state index >= 15 is 0 Å². The minimum atomic E-state index is -0.531. The summed E-state index contributed by atoms with van der Waals surface area (Å²) in [6.07, 6.45) is 3.89. The van der Waals surface area contributed by atoms with E-state index in [9.17, 15) is 14.0 Å². The standard InChI is InChI=1S/C17H20ClFN2O2/c18-14-11-13(5-6-15(14)19)17(23)21-8-2-7-20(9-10-21)16(22)12-3-1-4-12/h5-6,11-12H,1-4,7-10H2. The van der Waals surface area contributed by atoms with Crippen LogP contribution in [0.15, 0.2) is 18.2 Å². The van der Waals surface area contributed by atoms with Crippen molar-refractivity contribution in [1.29, 1.82) is 0 Å². The maximum atomic E-state index is 13.2. The van der Waals surface area contributed by atoms with Gasteiger partial charge in [0.05, 0.1) is 5.02 Å². The van der Waals surface area contributed by atoms with Gasteiger partial charge in [-0.25, -0.2) is 4.39 Å². The molecule has 1 aliphatic carbocycles. The summed E-state index contributed by atoms with van der Waals surface area (Å²) in [5.74, 6) is -0.273. The molecule has 0 aromatic heterocycles. The van der Waals surface area contributed by atoms with Crippen LogP contribution in [0.5, 0.6) is 0 Å². The van der Waals surface area contributed by atoms with E-state index in [4.69, 9.17) is 11.6 Å². The number of hydrogen-bond donors (Lipinski definition) is 0. The fourth-order valence-electron chi connectivity index (χ4n) is 3.07. The summed E-state index contributed by atoms with van der Waals surface area (Å²) in [5, 5.41) is -0.0486. The highest BCUT2D eigenvalue weighted by Crippen LogP contribution is 2.28. The summed E-state index contributed by atoms with van der Waals surface area (Å²) >= 11 is 5.75. The largest absolute Gasteiger partial charge is 0.341 e. The molecule has 0 unspecified atom stereocenters. The molecule has 1 saturated carbocycles. The maximum absolute atomic E-state index is 13.2. The average molecular weight is 339 g/mol. The van der Waals surface area contributed by atoms with Crippen LogP contribution in [0.2, 0.25) is 5.02 Å². The van der Waals surface area contributed by atoms with Gasteiger partial charge in [-0.05, 0) is 37.5 Å². The van der Waals surface area contributed by atoms with Crippen molar-refractivity contribution in [3.63, 3.8) is 0 Å². The summed E-state index contributed by atoms with van der Waals surface area (Å²) in [4.78, 5) is 28.5. The molecule has 0 spiro atoms. The number of nitrogens with zero attached hydrogens (tertiary/aromatic N) is 2. The number of benzene rings is 1. The number of carbonyl (C=O) groups excluding carboxylic acids is 2. The van der Waals surface area contributed by atoms with Gasteiger partial charge in [0.1, 0.15) is 5.82 Å². The Kier molecular flexibility index (Phi) is 4.85. The van der Waals surface area contributed by atoms with Crippen LogP contribution in [-0.4, -0.2) is 47.8 Å². The van der Waals surface area contributed by atoms with Gasteiger partial charge in [-0.2, -0.15) is 0 Å². The van der Waals surface area contributed by atoms with Crippen LogP contribution in [-0.2, 0) is 4.79 Å². The molecule has 23 heavy (non-hydrogen) atoms. The predicted octanol–water partition coefficient (Wildman–Crippen LogP) is 2.95. The first-order valence-electron chi connectivity index (χ1n) is 8.09. The molecule has 1 aromatic rings. The Balaban J connectivity index is 1.63. The van der Waals surface area contributed by atoms with Crippen molar-refractivity contribution in [3.05, 3.63) is 34.6 Å². The third-order valence-corrected chi connectivity index (χ3v) is 5.01. The quantitative estimate of drug-likeness (QED) is 0.832. The van der Waals surface area contributed by atoms with Gasteiger partial charge < -0.3 is 9.80 Å². The lowest BCUT2D eigenvalue weighted by Crippen LogP contribution is -2.41. The molecule has 0 N–H and O–H groups in total. The molecule has 3 rings (SSSR count). The van der Waals surface area contributed by atoms with Crippen molar-refractivity contribution in [2.45, 2.75) is 25.7 Å². The van der Waals surface area contributed by atoms with Crippen molar-refractivity contribution < 1.29 is 14.0 Å². The highest BCUT2D eigenvalue weighted by atomic mass is 35.5. The van der Waals surface area contributed by atoms with E-state index in [1.165, 1.54) is 18.2 Å². The van der Waals surface area contributed by atoms with E-state index in [1.54, 1.807) is 4.90 Å². The zero-order valence-electron chi connectivity index (χ0n) is 12.9. The lowest BCUT2D eigenvalue weighted by atomic mass is 9.84. The van der Waals surface area contributed by atoms with Gasteiger partial charge in [-0.1, -0.05) is 18.0 Å². The third kappa shape index (κ3) is 3.50. The average Bonchev–Trinajstić information content (AvgIpc) is 2.73. The lowest BCUT2D eigenvalue weighted by Gasteiger charge is -2.31. The SMILES string of the molecule is O=C(c1ccc(F)c(Cl)c1)N1CCCN(C(=O)C2CCC2)CC1. The maximum Gasteiger partial charge on any atom is 0.253 e. The minimum Gasteiger partial charge on any atom is -0.341 e. The highest BCUT2D eigenvalue weighted by molar-refractivity contribution is 6.31. The van der Waals surface area contributed by atoms with Crippen LogP contribution in [0.3, 0.4) is 0 Å². The van der Waals surface area contributed by atoms with E-state index < -0.39 is 5.82 Å². The van der Waals surface area contributed by atoms with Crippen LogP contribution in [0.1, 0.15) is 36.0 Å². The van der Waals surface area contributed by atoms with Gasteiger partial charge >= 0.3 is 0 Å². The van der Waals surface area contributed by atoms with Crippen molar-refractivity contribution in [2.75, 3.05) is 26.2 Å². The minimum absolute atomic E-state index is 0.0486. The van der Waals surface area contributed by atoms with E-state index in [0.717, 1.165) is 25.7 Å². The summed E-state index contributed by atoms with van der Waals surface area (Å²) in [5.41, 5.74) is 0.384. The molecule has 1 aliphatic heterocycles. The Morgan fingerprint density at radius 2 is 1.74 bits per heavy atom. The van der Waals surface area contributed by atoms with Gasteiger partial charge in [-0.15, -0.1) is 0 Å². The number of carbonyl (C=O) groups is 2. The van der Waals surface area contributed by atoms with E-state index in [1.807, 2.05) is 4.90 Å². The zero-order chi connectivity index (χ0) is 16.4. The second kappa shape index (κ2) is 6.87. The summed E-state index contributed by atoms with van der Waals surface area (Å²) in [6, 6.07) is 4.02. The normalized spacial score (nSPS) is 19.2.